The fraction of sp³-hybridized carbons (Fsp3) is 0.0714. The van der Waals surface area contributed by atoms with E-state index in [0.29, 0.717) is 17.5 Å². The number of nitrogen functional groups attached to an aromatic ring is 1. The van der Waals surface area contributed by atoms with E-state index in [4.69, 9.17) is 17.3 Å². The van der Waals surface area contributed by atoms with E-state index in [1.807, 2.05) is 30.3 Å². The molecule has 21 heavy (non-hydrogen) atoms. The van der Waals surface area contributed by atoms with Gasteiger partial charge in [-0.05, 0) is 17.2 Å². The quantitative estimate of drug-likeness (QED) is 0.644. The highest BCUT2D eigenvalue weighted by atomic mass is 35.5. The van der Waals surface area contributed by atoms with E-state index in [-0.39, 0.29) is 5.95 Å². The van der Waals surface area contributed by atoms with Gasteiger partial charge in [-0.2, -0.15) is 10.1 Å². The Balaban J connectivity index is 1.68. The van der Waals surface area contributed by atoms with Crippen LogP contribution in [0.25, 0.3) is 11.3 Å². The molecule has 0 aliphatic heterocycles. The van der Waals surface area contributed by atoms with Crippen LogP contribution in [0.2, 0.25) is 5.15 Å². The van der Waals surface area contributed by atoms with Crippen molar-refractivity contribution in [3.05, 3.63) is 53.3 Å². The van der Waals surface area contributed by atoms with Crippen molar-refractivity contribution >= 4 is 23.4 Å². The third kappa shape index (κ3) is 3.29. The van der Waals surface area contributed by atoms with E-state index in [1.165, 1.54) is 0 Å². The topological polar surface area (TPSA) is 92.5 Å². The largest absolute Gasteiger partial charge is 0.368 e. The van der Waals surface area contributed by atoms with Crippen molar-refractivity contribution in [2.24, 2.45) is 0 Å². The van der Waals surface area contributed by atoms with E-state index in [0.717, 1.165) is 16.8 Å². The Morgan fingerprint density at radius 2 is 1.95 bits per heavy atom. The molecule has 0 aliphatic carbocycles. The summed E-state index contributed by atoms with van der Waals surface area (Å²) in [6.45, 7) is 0.621. The van der Waals surface area contributed by atoms with Gasteiger partial charge < -0.3 is 11.1 Å². The van der Waals surface area contributed by atoms with E-state index < -0.39 is 0 Å². The van der Waals surface area contributed by atoms with E-state index in [1.54, 1.807) is 12.3 Å². The van der Waals surface area contributed by atoms with Gasteiger partial charge in [0.15, 0.2) is 0 Å². The zero-order valence-electron chi connectivity index (χ0n) is 11.0. The predicted octanol–water partition coefficient (Wildman–Crippen LogP) is 2.71. The molecule has 3 aromatic rings. The van der Waals surface area contributed by atoms with Crippen LogP contribution in [0.4, 0.5) is 11.8 Å². The van der Waals surface area contributed by atoms with Crippen molar-refractivity contribution in [3.63, 3.8) is 0 Å². The SMILES string of the molecule is Nc1nc(Cl)cc(NCc2ccc(-c3ccn[nH]3)cc2)n1. The molecule has 7 heteroatoms. The van der Waals surface area contributed by atoms with Crippen LogP contribution in [0.3, 0.4) is 0 Å². The Morgan fingerprint density at radius 1 is 1.14 bits per heavy atom. The molecule has 2 aromatic heterocycles. The minimum Gasteiger partial charge on any atom is -0.368 e. The molecule has 106 valence electrons. The lowest BCUT2D eigenvalue weighted by Crippen LogP contribution is -2.04. The number of aromatic nitrogens is 4. The van der Waals surface area contributed by atoms with Crippen molar-refractivity contribution in [1.29, 1.82) is 0 Å². The predicted molar refractivity (Wildman–Crippen MR) is 82.8 cm³/mol. The first-order chi connectivity index (χ1) is 10.2. The zero-order chi connectivity index (χ0) is 14.7. The van der Waals surface area contributed by atoms with Crippen LogP contribution in [-0.2, 0) is 6.54 Å². The maximum atomic E-state index is 5.83. The van der Waals surface area contributed by atoms with Crippen molar-refractivity contribution in [1.82, 2.24) is 20.2 Å². The average Bonchev–Trinajstić information content (AvgIpc) is 2.99. The van der Waals surface area contributed by atoms with Crippen LogP contribution < -0.4 is 11.1 Å². The highest BCUT2D eigenvalue weighted by Crippen LogP contribution is 2.18. The third-order valence-electron chi connectivity index (χ3n) is 2.95. The number of hydrogen-bond donors (Lipinski definition) is 3. The lowest BCUT2D eigenvalue weighted by atomic mass is 10.1. The van der Waals surface area contributed by atoms with Crippen molar-refractivity contribution in [2.75, 3.05) is 11.1 Å². The van der Waals surface area contributed by atoms with Crippen molar-refractivity contribution in [3.8, 4) is 11.3 Å². The lowest BCUT2D eigenvalue weighted by molar-refractivity contribution is 1.08. The molecule has 1 aromatic carbocycles. The normalized spacial score (nSPS) is 10.5. The van der Waals surface area contributed by atoms with Crippen LogP contribution in [0.15, 0.2) is 42.6 Å². The zero-order valence-corrected chi connectivity index (χ0v) is 11.8. The number of benzene rings is 1. The van der Waals surface area contributed by atoms with Gasteiger partial charge >= 0.3 is 0 Å². The Labute approximate surface area is 126 Å². The molecular formula is C14H13ClN6. The summed E-state index contributed by atoms with van der Waals surface area (Å²) >= 11 is 5.83. The lowest BCUT2D eigenvalue weighted by Gasteiger charge is -2.07. The number of nitrogens with zero attached hydrogens (tertiary/aromatic N) is 3. The standard InChI is InChI=1S/C14H13ClN6/c15-12-7-13(20-14(16)19-12)17-8-9-1-3-10(4-2-9)11-5-6-18-21-11/h1-7H,8H2,(H,18,21)(H3,16,17,19,20). The molecular weight excluding hydrogens is 288 g/mol. The summed E-state index contributed by atoms with van der Waals surface area (Å²) in [4.78, 5) is 7.88. The second-order valence-corrected chi connectivity index (χ2v) is 4.84. The summed E-state index contributed by atoms with van der Waals surface area (Å²) < 4.78 is 0. The highest BCUT2D eigenvalue weighted by molar-refractivity contribution is 6.29. The minimum atomic E-state index is 0.152. The number of aromatic amines is 1. The van der Waals surface area contributed by atoms with E-state index >= 15 is 0 Å². The molecule has 0 saturated heterocycles. The maximum Gasteiger partial charge on any atom is 0.223 e. The summed E-state index contributed by atoms with van der Waals surface area (Å²) in [6, 6.07) is 11.7. The molecule has 0 bridgehead atoms. The molecule has 6 nitrogen and oxygen atoms in total. The van der Waals surface area contributed by atoms with Gasteiger partial charge in [-0.15, -0.1) is 0 Å². The average molecular weight is 301 g/mol. The number of nitrogens with one attached hydrogen (secondary N) is 2. The van der Waals surface area contributed by atoms with Gasteiger partial charge in [-0.3, -0.25) is 5.10 Å². The fourth-order valence-electron chi connectivity index (χ4n) is 1.94. The van der Waals surface area contributed by atoms with Gasteiger partial charge in [-0.1, -0.05) is 35.9 Å². The molecule has 0 fully saturated rings. The number of H-pyrrole nitrogens is 1. The summed E-state index contributed by atoms with van der Waals surface area (Å²) in [5, 5.41) is 10.3. The van der Waals surface area contributed by atoms with Gasteiger partial charge in [-0.25, -0.2) is 4.98 Å². The molecule has 0 amide bonds. The van der Waals surface area contributed by atoms with Crippen LogP contribution in [-0.4, -0.2) is 20.2 Å². The number of anilines is 2. The monoisotopic (exact) mass is 300 g/mol. The van der Waals surface area contributed by atoms with Gasteiger partial charge in [0.2, 0.25) is 5.95 Å². The Morgan fingerprint density at radius 3 is 2.62 bits per heavy atom. The van der Waals surface area contributed by atoms with E-state index in [9.17, 15) is 0 Å². The molecule has 0 spiro atoms. The summed E-state index contributed by atoms with van der Waals surface area (Å²) in [5.74, 6) is 0.754. The van der Waals surface area contributed by atoms with Crippen LogP contribution in [0.1, 0.15) is 5.56 Å². The molecule has 0 aliphatic rings. The smallest absolute Gasteiger partial charge is 0.223 e. The molecule has 0 atom stereocenters. The van der Waals surface area contributed by atoms with Crippen molar-refractivity contribution < 1.29 is 0 Å². The maximum absolute atomic E-state index is 5.83. The number of hydrogen-bond acceptors (Lipinski definition) is 5. The molecule has 0 radical (unpaired) electrons. The molecule has 0 unspecified atom stereocenters. The Bertz CT molecular complexity index is 703. The summed E-state index contributed by atoms with van der Waals surface area (Å²) in [5.41, 5.74) is 8.74. The van der Waals surface area contributed by atoms with Crippen LogP contribution >= 0.6 is 11.6 Å². The summed E-state index contributed by atoms with van der Waals surface area (Å²) in [7, 11) is 0. The van der Waals surface area contributed by atoms with Gasteiger partial charge in [0.1, 0.15) is 11.0 Å². The van der Waals surface area contributed by atoms with Gasteiger partial charge in [0.05, 0.1) is 5.69 Å². The Hall–Kier alpha value is -2.60. The summed E-state index contributed by atoms with van der Waals surface area (Å²) in [6.07, 6.45) is 1.73. The first-order valence-electron chi connectivity index (χ1n) is 6.33. The number of rotatable bonds is 4. The van der Waals surface area contributed by atoms with Crippen molar-refractivity contribution in [2.45, 2.75) is 6.54 Å². The fourth-order valence-corrected chi connectivity index (χ4v) is 2.13. The van der Waals surface area contributed by atoms with Crippen LogP contribution in [0.5, 0.6) is 0 Å². The molecule has 0 saturated carbocycles. The van der Waals surface area contributed by atoms with Crippen LogP contribution in [0, 0.1) is 0 Å². The second kappa shape index (κ2) is 5.80. The first-order valence-corrected chi connectivity index (χ1v) is 6.71. The molecule has 3 rings (SSSR count). The third-order valence-corrected chi connectivity index (χ3v) is 3.15. The van der Waals surface area contributed by atoms with Gasteiger partial charge in [0, 0.05) is 18.8 Å². The number of halogens is 1. The van der Waals surface area contributed by atoms with Gasteiger partial charge in [0.25, 0.3) is 0 Å². The highest BCUT2D eigenvalue weighted by Gasteiger charge is 2.02. The second-order valence-electron chi connectivity index (χ2n) is 4.45. The number of nitrogens with two attached hydrogens (primary N) is 1. The minimum absolute atomic E-state index is 0.152. The molecule has 4 N–H and O–H groups in total. The Kier molecular flexibility index (Phi) is 3.70. The van der Waals surface area contributed by atoms with E-state index in [2.05, 4.69) is 25.5 Å². The molecule has 2 heterocycles. The first kappa shape index (κ1) is 13.4.